The van der Waals surface area contributed by atoms with Gasteiger partial charge in [0, 0.05) is 17.1 Å². The van der Waals surface area contributed by atoms with Gasteiger partial charge in [-0.2, -0.15) is 13.2 Å². The predicted octanol–water partition coefficient (Wildman–Crippen LogP) is 3.16. The number of hydrogen-bond donors (Lipinski definition) is 3. The highest BCUT2D eigenvalue weighted by Gasteiger charge is 2.35. The number of halogens is 4. The number of rotatable bonds is 4. The van der Waals surface area contributed by atoms with Gasteiger partial charge in [-0.3, -0.25) is 0 Å². The maximum atomic E-state index is 12.7. The average molecular weight is 362 g/mol. The van der Waals surface area contributed by atoms with Crippen LogP contribution in [0.25, 0.3) is 0 Å². The Balaban J connectivity index is 2.19. The molecule has 4 N–H and O–H groups in total. The van der Waals surface area contributed by atoms with Crippen molar-refractivity contribution in [3.05, 3.63) is 46.2 Å². The molecule has 5 nitrogen and oxygen atoms in total. The number of hydrogen-bond acceptors (Lipinski definition) is 5. The lowest BCUT2D eigenvalue weighted by Crippen LogP contribution is -2.17. The summed E-state index contributed by atoms with van der Waals surface area (Å²) in [5.41, 5.74) is 2.98. The molecular formula is C12H11BrF3N5. The van der Waals surface area contributed by atoms with Crippen LogP contribution in [0, 0.1) is 0 Å². The van der Waals surface area contributed by atoms with Crippen LogP contribution >= 0.6 is 15.9 Å². The molecule has 0 radical (unpaired) electrons. The van der Waals surface area contributed by atoms with Gasteiger partial charge >= 0.3 is 6.18 Å². The molecule has 0 bridgehead atoms. The Kier molecular flexibility index (Phi) is 4.63. The summed E-state index contributed by atoms with van der Waals surface area (Å²) in [4.78, 5) is 6.71. The third-order valence-electron chi connectivity index (χ3n) is 2.49. The molecule has 0 spiro atoms. The fraction of sp³-hybridized carbons (Fsp3) is 0.167. The summed E-state index contributed by atoms with van der Waals surface area (Å²) < 4.78 is 38.9. The van der Waals surface area contributed by atoms with Crippen LogP contribution in [0.2, 0.25) is 0 Å². The highest BCUT2D eigenvalue weighted by Crippen LogP contribution is 2.28. The molecule has 21 heavy (non-hydrogen) atoms. The minimum Gasteiger partial charge on any atom is -0.366 e. The molecule has 2 aromatic rings. The Morgan fingerprint density at radius 1 is 1.14 bits per heavy atom. The number of anilines is 2. The molecule has 0 saturated heterocycles. The predicted molar refractivity (Wildman–Crippen MR) is 76.3 cm³/mol. The summed E-state index contributed by atoms with van der Waals surface area (Å²) in [6.45, 7) is 0.317. The molecule has 1 heterocycles. The van der Waals surface area contributed by atoms with E-state index in [9.17, 15) is 13.2 Å². The van der Waals surface area contributed by atoms with Gasteiger partial charge in [0.1, 0.15) is 11.6 Å². The van der Waals surface area contributed by atoms with Gasteiger partial charge in [0.05, 0.1) is 0 Å². The number of alkyl halides is 3. The molecule has 0 atom stereocenters. The van der Waals surface area contributed by atoms with Crippen LogP contribution < -0.4 is 16.6 Å². The zero-order valence-corrected chi connectivity index (χ0v) is 12.2. The van der Waals surface area contributed by atoms with Gasteiger partial charge < -0.3 is 10.7 Å². The topological polar surface area (TPSA) is 75.9 Å². The van der Waals surface area contributed by atoms with Crippen LogP contribution in [0.5, 0.6) is 0 Å². The second-order valence-corrected chi connectivity index (χ2v) is 5.00. The zero-order valence-electron chi connectivity index (χ0n) is 10.6. The Bertz CT molecular complexity index is 633. The van der Waals surface area contributed by atoms with Crippen LogP contribution in [0.1, 0.15) is 11.4 Å². The van der Waals surface area contributed by atoms with Gasteiger partial charge in [0.2, 0.25) is 5.82 Å². The zero-order chi connectivity index (χ0) is 15.5. The summed E-state index contributed by atoms with van der Waals surface area (Å²) in [5, 5.41) is 2.81. The van der Waals surface area contributed by atoms with Crippen molar-refractivity contribution in [3.63, 3.8) is 0 Å². The van der Waals surface area contributed by atoms with E-state index in [1.54, 1.807) is 0 Å². The SMILES string of the molecule is NNc1cc(NCc2cccc(Br)c2)nc(C(F)(F)F)n1. The van der Waals surface area contributed by atoms with E-state index in [-0.39, 0.29) is 11.6 Å². The van der Waals surface area contributed by atoms with E-state index < -0.39 is 12.0 Å². The molecule has 1 aromatic heterocycles. The molecule has 112 valence electrons. The number of nitrogen functional groups attached to an aromatic ring is 1. The highest BCUT2D eigenvalue weighted by molar-refractivity contribution is 9.10. The number of nitrogens with two attached hydrogens (primary N) is 1. The van der Waals surface area contributed by atoms with Gasteiger partial charge in [-0.25, -0.2) is 15.8 Å². The fourth-order valence-corrected chi connectivity index (χ4v) is 2.02. The standard InChI is InChI=1S/C12H11BrF3N5/c13-8-3-1-2-7(4-8)6-18-9-5-10(21-17)20-11(19-9)12(14,15)16/h1-5H,6,17H2,(H2,18,19,20,21). The summed E-state index contributed by atoms with van der Waals surface area (Å²) in [6, 6.07) is 8.67. The number of nitrogens with zero attached hydrogens (tertiary/aromatic N) is 2. The first-order valence-corrected chi connectivity index (χ1v) is 6.59. The van der Waals surface area contributed by atoms with E-state index in [4.69, 9.17) is 5.84 Å². The van der Waals surface area contributed by atoms with Crippen LogP contribution in [0.4, 0.5) is 24.8 Å². The molecule has 0 saturated carbocycles. The Morgan fingerprint density at radius 2 is 1.86 bits per heavy atom. The van der Waals surface area contributed by atoms with Gasteiger partial charge in [0.15, 0.2) is 0 Å². The van der Waals surface area contributed by atoms with Crippen molar-refractivity contribution in [2.75, 3.05) is 10.7 Å². The molecule has 0 aliphatic rings. The summed E-state index contributed by atoms with van der Waals surface area (Å²) >= 11 is 3.32. The average Bonchev–Trinajstić information content (AvgIpc) is 2.44. The Labute approximate surface area is 126 Å². The van der Waals surface area contributed by atoms with Crippen molar-refractivity contribution in [1.82, 2.24) is 9.97 Å². The molecule has 0 aliphatic heterocycles. The molecule has 9 heteroatoms. The van der Waals surface area contributed by atoms with Crippen LogP contribution in [0.3, 0.4) is 0 Å². The van der Waals surface area contributed by atoms with Crippen LogP contribution in [-0.4, -0.2) is 9.97 Å². The van der Waals surface area contributed by atoms with Crippen LogP contribution in [-0.2, 0) is 12.7 Å². The molecule has 0 amide bonds. The third kappa shape index (κ3) is 4.30. The quantitative estimate of drug-likeness (QED) is 0.576. The second kappa shape index (κ2) is 6.27. The molecule has 0 aliphatic carbocycles. The lowest BCUT2D eigenvalue weighted by Gasteiger charge is -2.11. The normalized spacial score (nSPS) is 11.3. The van der Waals surface area contributed by atoms with Crippen molar-refractivity contribution in [1.29, 1.82) is 0 Å². The highest BCUT2D eigenvalue weighted by atomic mass is 79.9. The minimum atomic E-state index is -4.64. The largest absolute Gasteiger partial charge is 0.451 e. The maximum absolute atomic E-state index is 12.7. The molecule has 0 fully saturated rings. The summed E-state index contributed by atoms with van der Waals surface area (Å²) in [6.07, 6.45) is -4.64. The molecule has 0 unspecified atom stereocenters. The van der Waals surface area contributed by atoms with Crippen molar-refractivity contribution in [2.24, 2.45) is 5.84 Å². The third-order valence-corrected chi connectivity index (χ3v) is 2.98. The van der Waals surface area contributed by atoms with E-state index in [1.807, 2.05) is 24.3 Å². The van der Waals surface area contributed by atoms with E-state index in [0.717, 1.165) is 10.0 Å². The van der Waals surface area contributed by atoms with E-state index in [0.29, 0.717) is 6.54 Å². The summed E-state index contributed by atoms with van der Waals surface area (Å²) in [5.74, 6) is 3.78. The van der Waals surface area contributed by atoms with E-state index >= 15 is 0 Å². The maximum Gasteiger partial charge on any atom is 0.451 e. The first-order chi connectivity index (χ1) is 9.88. The number of benzene rings is 1. The first-order valence-electron chi connectivity index (χ1n) is 5.79. The number of nitrogens with one attached hydrogen (secondary N) is 2. The van der Waals surface area contributed by atoms with Gasteiger partial charge in [-0.15, -0.1) is 0 Å². The number of aromatic nitrogens is 2. The van der Waals surface area contributed by atoms with Crippen molar-refractivity contribution in [2.45, 2.75) is 12.7 Å². The lowest BCUT2D eigenvalue weighted by atomic mass is 10.2. The van der Waals surface area contributed by atoms with E-state index in [2.05, 4.69) is 36.6 Å². The van der Waals surface area contributed by atoms with Crippen molar-refractivity contribution < 1.29 is 13.2 Å². The Hall–Kier alpha value is -1.87. The number of hydrazine groups is 1. The van der Waals surface area contributed by atoms with Crippen molar-refractivity contribution in [3.8, 4) is 0 Å². The monoisotopic (exact) mass is 361 g/mol. The first kappa shape index (κ1) is 15.5. The Morgan fingerprint density at radius 3 is 2.48 bits per heavy atom. The van der Waals surface area contributed by atoms with Gasteiger partial charge in [-0.05, 0) is 17.7 Å². The smallest absolute Gasteiger partial charge is 0.366 e. The minimum absolute atomic E-state index is 0.0326. The second-order valence-electron chi connectivity index (χ2n) is 4.09. The van der Waals surface area contributed by atoms with Gasteiger partial charge in [-0.1, -0.05) is 28.1 Å². The molecule has 2 rings (SSSR count). The van der Waals surface area contributed by atoms with Gasteiger partial charge in [0.25, 0.3) is 0 Å². The molecular weight excluding hydrogens is 351 g/mol. The lowest BCUT2D eigenvalue weighted by molar-refractivity contribution is -0.144. The van der Waals surface area contributed by atoms with Crippen LogP contribution in [0.15, 0.2) is 34.8 Å². The van der Waals surface area contributed by atoms with E-state index in [1.165, 1.54) is 6.07 Å². The fourth-order valence-electron chi connectivity index (χ4n) is 1.58. The summed E-state index contributed by atoms with van der Waals surface area (Å²) in [7, 11) is 0. The molecule has 1 aromatic carbocycles. The van der Waals surface area contributed by atoms with Crippen molar-refractivity contribution >= 4 is 27.6 Å².